The molecule has 0 N–H and O–H groups in total. The molecule has 0 radical (unpaired) electrons. The summed E-state index contributed by atoms with van der Waals surface area (Å²) in [5.41, 5.74) is 0.606. The minimum atomic E-state index is -0.356. The minimum Gasteiger partial charge on any atom is -0.342 e. The maximum absolute atomic E-state index is 12.4. The zero-order chi connectivity index (χ0) is 16.0. The average Bonchev–Trinajstić information content (AvgIpc) is 2.47. The van der Waals surface area contributed by atoms with Crippen molar-refractivity contribution < 1.29 is 9.59 Å². The number of nitrogens with zero attached hydrogens (tertiary/aromatic N) is 2. The first-order valence-corrected chi connectivity index (χ1v) is 7.56. The van der Waals surface area contributed by atoms with Crippen molar-refractivity contribution in [2.45, 2.75) is 26.8 Å². The Bertz CT molecular complexity index is 484. The second-order valence-corrected chi connectivity index (χ2v) is 5.46. The maximum atomic E-state index is 12.4. The summed E-state index contributed by atoms with van der Waals surface area (Å²) < 4.78 is 0. The van der Waals surface area contributed by atoms with Crippen molar-refractivity contribution in [1.82, 2.24) is 9.80 Å². The molecule has 5 heteroatoms. The molecule has 0 saturated carbocycles. The van der Waals surface area contributed by atoms with Crippen molar-refractivity contribution in [1.29, 1.82) is 0 Å². The molecule has 4 nitrogen and oxygen atoms in total. The van der Waals surface area contributed by atoms with Gasteiger partial charge < -0.3 is 4.90 Å². The smallest absolute Gasteiger partial charge is 0.236 e. The Morgan fingerprint density at radius 3 is 2.14 bits per heavy atom. The summed E-state index contributed by atoms with van der Waals surface area (Å²) >= 11 is 5.82. The van der Waals surface area contributed by atoms with Gasteiger partial charge in [0.2, 0.25) is 5.91 Å². The molecule has 1 aromatic rings. The average molecular weight is 311 g/mol. The molecule has 0 aliphatic carbocycles. The van der Waals surface area contributed by atoms with Crippen molar-refractivity contribution in [3.63, 3.8) is 0 Å². The number of hydrogen-bond donors (Lipinski definition) is 0. The van der Waals surface area contributed by atoms with Crippen LogP contribution in [-0.2, 0) is 4.79 Å². The number of likely N-dealkylation sites (N-methyl/N-ethyl adjacent to an activating group) is 2. The van der Waals surface area contributed by atoms with E-state index in [1.807, 2.05) is 20.8 Å². The summed E-state index contributed by atoms with van der Waals surface area (Å²) in [6.45, 7) is 7.31. The van der Waals surface area contributed by atoms with Gasteiger partial charge in [0.25, 0.3) is 0 Å². The van der Waals surface area contributed by atoms with E-state index in [-0.39, 0.29) is 24.3 Å². The summed E-state index contributed by atoms with van der Waals surface area (Å²) in [4.78, 5) is 28.0. The fourth-order valence-electron chi connectivity index (χ4n) is 2.08. The third-order valence-corrected chi connectivity index (χ3v) is 3.92. The number of ketones is 1. The van der Waals surface area contributed by atoms with Crippen molar-refractivity contribution in [2.75, 3.05) is 26.7 Å². The fraction of sp³-hybridized carbons (Fsp3) is 0.500. The van der Waals surface area contributed by atoms with E-state index in [9.17, 15) is 9.59 Å². The van der Waals surface area contributed by atoms with Crippen LogP contribution < -0.4 is 0 Å². The maximum Gasteiger partial charge on any atom is 0.236 e. The lowest BCUT2D eigenvalue weighted by atomic mass is 10.0. The molecule has 21 heavy (non-hydrogen) atoms. The van der Waals surface area contributed by atoms with Crippen LogP contribution in [0.25, 0.3) is 0 Å². The fourth-order valence-corrected chi connectivity index (χ4v) is 2.21. The number of amides is 1. The van der Waals surface area contributed by atoms with Crippen LogP contribution in [-0.4, -0.2) is 54.2 Å². The predicted octanol–water partition coefficient (Wildman–Crippen LogP) is 2.71. The molecule has 0 aromatic heterocycles. The number of rotatable bonds is 7. The van der Waals surface area contributed by atoms with Gasteiger partial charge in [-0.1, -0.05) is 11.6 Å². The first-order chi connectivity index (χ1) is 9.90. The third kappa shape index (κ3) is 4.83. The molecule has 0 heterocycles. The van der Waals surface area contributed by atoms with Gasteiger partial charge in [0.05, 0.1) is 12.6 Å². The van der Waals surface area contributed by atoms with Crippen molar-refractivity contribution in [3.8, 4) is 0 Å². The largest absolute Gasteiger partial charge is 0.342 e. The van der Waals surface area contributed by atoms with Gasteiger partial charge >= 0.3 is 0 Å². The number of hydrogen-bond acceptors (Lipinski definition) is 3. The Kier molecular flexibility index (Phi) is 6.85. The van der Waals surface area contributed by atoms with Crippen molar-refractivity contribution in [3.05, 3.63) is 34.9 Å². The molecule has 116 valence electrons. The number of carbonyl (C=O) groups is 2. The third-order valence-electron chi connectivity index (χ3n) is 3.67. The monoisotopic (exact) mass is 310 g/mol. The lowest BCUT2D eigenvalue weighted by molar-refractivity contribution is -0.131. The highest BCUT2D eigenvalue weighted by atomic mass is 35.5. The molecule has 0 saturated heterocycles. The Morgan fingerprint density at radius 1 is 1.14 bits per heavy atom. The molecular formula is C16H23ClN2O2. The van der Waals surface area contributed by atoms with E-state index in [1.165, 1.54) is 0 Å². The van der Waals surface area contributed by atoms with Crippen LogP contribution in [0.1, 0.15) is 31.1 Å². The van der Waals surface area contributed by atoms with Crippen LogP contribution >= 0.6 is 11.6 Å². The summed E-state index contributed by atoms with van der Waals surface area (Å²) in [6, 6.07) is 6.46. The minimum absolute atomic E-state index is 0.0125. The topological polar surface area (TPSA) is 40.6 Å². The number of halogens is 1. The van der Waals surface area contributed by atoms with Gasteiger partial charge in [-0.2, -0.15) is 0 Å². The molecule has 1 rings (SSSR count). The lowest BCUT2D eigenvalue weighted by Gasteiger charge is -2.26. The standard InChI is InChI=1S/C16H23ClN2O2/c1-5-19(6-2)15(20)11-18(4)12(3)16(21)13-7-9-14(17)10-8-13/h7-10,12H,5-6,11H2,1-4H3. The number of carbonyl (C=O) groups excluding carboxylic acids is 2. The second kappa shape index (κ2) is 8.15. The first-order valence-electron chi connectivity index (χ1n) is 7.18. The van der Waals surface area contributed by atoms with Gasteiger partial charge in [-0.25, -0.2) is 0 Å². The van der Waals surface area contributed by atoms with Crippen LogP contribution in [0.2, 0.25) is 5.02 Å². The van der Waals surface area contributed by atoms with E-state index >= 15 is 0 Å². The van der Waals surface area contributed by atoms with Gasteiger partial charge in [-0.15, -0.1) is 0 Å². The van der Waals surface area contributed by atoms with Crippen molar-refractivity contribution >= 4 is 23.3 Å². The van der Waals surface area contributed by atoms with Gasteiger partial charge in [-0.3, -0.25) is 14.5 Å². The predicted molar refractivity (Wildman–Crippen MR) is 85.8 cm³/mol. The summed E-state index contributed by atoms with van der Waals surface area (Å²) in [5, 5.41) is 0.601. The Labute approximate surface area is 131 Å². The SMILES string of the molecule is CCN(CC)C(=O)CN(C)C(C)C(=O)c1ccc(Cl)cc1. The molecule has 1 atom stereocenters. The van der Waals surface area contributed by atoms with Crippen LogP contribution in [0.3, 0.4) is 0 Å². The van der Waals surface area contributed by atoms with E-state index in [2.05, 4.69) is 0 Å². The van der Waals surface area contributed by atoms with E-state index in [1.54, 1.807) is 41.1 Å². The Balaban J connectivity index is 2.69. The van der Waals surface area contributed by atoms with E-state index in [0.29, 0.717) is 23.7 Å². The molecule has 0 fully saturated rings. The summed E-state index contributed by atoms with van der Waals surface area (Å²) in [5.74, 6) is 0.0276. The highest BCUT2D eigenvalue weighted by Gasteiger charge is 2.22. The van der Waals surface area contributed by atoms with Gasteiger partial charge in [0.1, 0.15) is 0 Å². The molecule has 1 unspecified atom stereocenters. The van der Waals surface area contributed by atoms with E-state index < -0.39 is 0 Å². The van der Waals surface area contributed by atoms with Gasteiger partial charge in [0.15, 0.2) is 5.78 Å². The zero-order valence-electron chi connectivity index (χ0n) is 13.1. The molecular weight excluding hydrogens is 288 g/mol. The van der Waals surface area contributed by atoms with E-state index in [4.69, 9.17) is 11.6 Å². The van der Waals surface area contributed by atoms with Crippen LogP contribution in [0.4, 0.5) is 0 Å². The number of Topliss-reactive ketones (excluding diaryl/α,β-unsaturated/α-hetero) is 1. The van der Waals surface area contributed by atoms with Gasteiger partial charge in [-0.05, 0) is 52.1 Å². The lowest BCUT2D eigenvalue weighted by Crippen LogP contribution is -2.44. The Hall–Kier alpha value is -1.39. The normalized spacial score (nSPS) is 12.3. The second-order valence-electron chi connectivity index (χ2n) is 5.03. The molecule has 1 amide bonds. The van der Waals surface area contributed by atoms with Crippen LogP contribution in [0, 0.1) is 0 Å². The van der Waals surface area contributed by atoms with Gasteiger partial charge in [0, 0.05) is 23.7 Å². The highest BCUT2D eigenvalue weighted by Crippen LogP contribution is 2.13. The van der Waals surface area contributed by atoms with E-state index in [0.717, 1.165) is 0 Å². The summed E-state index contributed by atoms with van der Waals surface area (Å²) in [6.07, 6.45) is 0. The van der Waals surface area contributed by atoms with Crippen molar-refractivity contribution in [2.24, 2.45) is 0 Å². The Morgan fingerprint density at radius 2 is 1.67 bits per heavy atom. The molecule has 1 aromatic carbocycles. The first kappa shape index (κ1) is 17.7. The molecule has 0 aliphatic heterocycles. The summed E-state index contributed by atoms with van der Waals surface area (Å²) in [7, 11) is 1.79. The molecule has 0 spiro atoms. The number of benzene rings is 1. The van der Waals surface area contributed by atoms with Crippen LogP contribution in [0.15, 0.2) is 24.3 Å². The molecule has 0 aliphatic rings. The van der Waals surface area contributed by atoms with Crippen LogP contribution in [0.5, 0.6) is 0 Å². The zero-order valence-corrected chi connectivity index (χ0v) is 13.9. The highest BCUT2D eigenvalue weighted by molar-refractivity contribution is 6.30. The molecule has 0 bridgehead atoms. The quantitative estimate of drug-likeness (QED) is 0.727.